The Morgan fingerprint density at radius 2 is 1.61 bits per heavy atom. The van der Waals surface area contributed by atoms with Gasteiger partial charge in [0.05, 0.1) is 5.56 Å². The second kappa shape index (κ2) is 4.83. The first kappa shape index (κ1) is 12.0. The molecule has 0 aliphatic carbocycles. The number of benzene rings is 2. The van der Waals surface area contributed by atoms with Crippen molar-refractivity contribution in [1.82, 2.24) is 0 Å². The maximum Gasteiger partial charge on any atom is 0.338 e. The van der Waals surface area contributed by atoms with Crippen LogP contribution in [0.3, 0.4) is 0 Å². The third kappa shape index (κ3) is 2.63. The summed E-state index contributed by atoms with van der Waals surface area (Å²) < 4.78 is 25.8. The molecule has 0 fully saturated rings. The normalized spacial score (nSPS) is 10.1. The number of halogens is 2. The first-order valence-electron chi connectivity index (χ1n) is 5.12. The van der Waals surface area contributed by atoms with Crippen molar-refractivity contribution in [3.8, 4) is 0 Å². The van der Waals surface area contributed by atoms with Gasteiger partial charge in [0.15, 0.2) is 0 Å². The van der Waals surface area contributed by atoms with E-state index in [9.17, 15) is 13.6 Å². The first-order valence-corrected chi connectivity index (χ1v) is 5.12. The van der Waals surface area contributed by atoms with Crippen molar-refractivity contribution in [3.05, 3.63) is 59.7 Å². The van der Waals surface area contributed by atoms with E-state index in [1.807, 2.05) is 0 Å². The van der Waals surface area contributed by atoms with Gasteiger partial charge in [-0.05, 0) is 42.5 Å². The van der Waals surface area contributed by atoms with Crippen LogP contribution in [-0.4, -0.2) is 11.1 Å². The molecule has 0 spiro atoms. The van der Waals surface area contributed by atoms with Crippen molar-refractivity contribution in [2.24, 2.45) is 0 Å². The Balaban J connectivity index is 2.27. The highest BCUT2D eigenvalue weighted by Gasteiger charge is 2.10. The van der Waals surface area contributed by atoms with Crippen molar-refractivity contribution in [2.75, 3.05) is 5.32 Å². The maximum absolute atomic E-state index is 13.2. The van der Waals surface area contributed by atoms with Crippen LogP contribution in [0.25, 0.3) is 0 Å². The van der Waals surface area contributed by atoms with Crippen molar-refractivity contribution < 1.29 is 18.7 Å². The average molecular weight is 249 g/mol. The van der Waals surface area contributed by atoms with Gasteiger partial charge in [-0.15, -0.1) is 0 Å². The number of carboxylic acid groups (broad SMARTS) is 1. The molecule has 0 unspecified atom stereocenters. The minimum absolute atomic E-state index is 0.370. The van der Waals surface area contributed by atoms with Crippen molar-refractivity contribution >= 4 is 17.3 Å². The van der Waals surface area contributed by atoms with E-state index in [1.165, 1.54) is 36.4 Å². The van der Waals surface area contributed by atoms with Crippen molar-refractivity contribution in [3.63, 3.8) is 0 Å². The van der Waals surface area contributed by atoms with Crippen molar-refractivity contribution in [2.45, 2.75) is 0 Å². The standard InChI is InChI=1S/C13H9F2NO2/c14-8-1-3-9(4-2-8)16-10-5-6-12(15)11(7-10)13(17)18/h1-7,16H,(H,17,18). The molecule has 0 aliphatic rings. The highest BCUT2D eigenvalue weighted by atomic mass is 19.1. The van der Waals surface area contributed by atoms with Crippen LogP contribution in [0.15, 0.2) is 42.5 Å². The molecule has 0 heterocycles. The van der Waals surface area contributed by atoms with E-state index < -0.39 is 17.3 Å². The molecule has 0 amide bonds. The molecule has 0 atom stereocenters. The average Bonchev–Trinajstić information content (AvgIpc) is 2.34. The van der Waals surface area contributed by atoms with Crippen molar-refractivity contribution in [1.29, 1.82) is 0 Å². The highest BCUT2D eigenvalue weighted by Crippen LogP contribution is 2.20. The summed E-state index contributed by atoms with van der Waals surface area (Å²) in [5.74, 6) is -2.51. The zero-order chi connectivity index (χ0) is 13.1. The number of anilines is 2. The van der Waals surface area contributed by atoms with Gasteiger partial charge in [-0.1, -0.05) is 0 Å². The zero-order valence-corrected chi connectivity index (χ0v) is 9.15. The van der Waals surface area contributed by atoms with E-state index in [0.717, 1.165) is 6.07 Å². The second-order valence-corrected chi connectivity index (χ2v) is 3.63. The summed E-state index contributed by atoms with van der Waals surface area (Å²) in [7, 11) is 0. The quantitative estimate of drug-likeness (QED) is 0.876. The van der Waals surface area contributed by atoms with E-state index in [4.69, 9.17) is 5.11 Å². The van der Waals surface area contributed by atoms with Gasteiger partial charge in [0, 0.05) is 11.4 Å². The zero-order valence-electron chi connectivity index (χ0n) is 9.15. The monoisotopic (exact) mass is 249 g/mol. The lowest BCUT2D eigenvalue weighted by Crippen LogP contribution is -2.01. The van der Waals surface area contributed by atoms with E-state index in [-0.39, 0.29) is 5.82 Å². The van der Waals surface area contributed by atoms with Gasteiger partial charge in [-0.3, -0.25) is 0 Å². The molecule has 3 nitrogen and oxygen atoms in total. The number of carbonyl (C=O) groups is 1. The lowest BCUT2D eigenvalue weighted by Gasteiger charge is -2.07. The number of rotatable bonds is 3. The topological polar surface area (TPSA) is 49.3 Å². The molecule has 92 valence electrons. The number of hydrogen-bond acceptors (Lipinski definition) is 2. The third-order valence-electron chi connectivity index (χ3n) is 2.33. The van der Waals surface area contributed by atoms with Gasteiger partial charge in [-0.25, -0.2) is 13.6 Å². The Labute approximate surface area is 102 Å². The summed E-state index contributed by atoms with van der Waals surface area (Å²) in [6.07, 6.45) is 0. The molecule has 2 aromatic carbocycles. The molecule has 2 aromatic rings. The number of hydrogen-bond donors (Lipinski definition) is 2. The van der Waals surface area contributed by atoms with Crippen LogP contribution < -0.4 is 5.32 Å². The van der Waals surface area contributed by atoms with Gasteiger partial charge in [-0.2, -0.15) is 0 Å². The van der Waals surface area contributed by atoms with Crippen LogP contribution in [0, 0.1) is 11.6 Å². The molecule has 2 rings (SSSR count). The summed E-state index contributed by atoms with van der Waals surface area (Å²) in [5, 5.41) is 11.6. The number of carboxylic acids is 1. The second-order valence-electron chi connectivity index (χ2n) is 3.63. The molecule has 0 radical (unpaired) electrons. The van der Waals surface area contributed by atoms with Crippen LogP contribution in [0.5, 0.6) is 0 Å². The smallest absolute Gasteiger partial charge is 0.338 e. The molecule has 2 N–H and O–H groups in total. The van der Waals surface area contributed by atoms with E-state index in [1.54, 1.807) is 0 Å². The third-order valence-corrected chi connectivity index (χ3v) is 2.33. The summed E-state index contributed by atoms with van der Waals surface area (Å²) in [5.41, 5.74) is 0.585. The first-order chi connectivity index (χ1) is 8.56. The summed E-state index contributed by atoms with van der Waals surface area (Å²) in [4.78, 5) is 10.8. The SMILES string of the molecule is O=C(O)c1cc(Nc2ccc(F)cc2)ccc1F. The van der Waals surface area contributed by atoms with Crippen LogP contribution in [0.1, 0.15) is 10.4 Å². The maximum atomic E-state index is 13.2. The molecule has 18 heavy (non-hydrogen) atoms. The Kier molecular flexibility index (Phi) is 3.23. The fraction of sp³-hybridized carbons (Fsp3) is 0. The molecule has 0 saturated heterocycles. The van der Waals surface area contributed by atoms with Gasteiger partial charge in [0.25, 0.3) is 0 Å². The Bertz CT molecular complexity index is 582. The lowest BCUT2D eigenvalue weighted by atomic mass is 10.2. The van der Waals surface area contributed by atoms with E-state index in [0.29, 0.717) is 11.4 Å². The number of aromatic carboxylic acids is 1. The largest absolute Gasteiger partial charge is 0.478 e. The molecular formula is C13H9F2NO2. The van der Waals surface area contributed by atoms with Crippen LogP contribution in [-0.2, 0) is 0 Å². The molecular weight excluding hydrogens is 240 g/mol. The van der Waals surface area contributed by atoms with Gasteiger partial charge in [0.1, 0.15) is 11.6 Å². The highest BCUT2D eigenvalue weighted by molar-refractivity contribution is 5.89. The van der Waals surface area contributed by atoms with Gasteiger partial charge in [0.2, 0.25) is 0 Å². The van der Waals surface area contributed by atoms with Crippen LogP contribution >= 0.6 is 0 Å². The van der Waals surface area contributed by atoms with E-state index >= 15 is 0 Å². The lowest BCUT2D eigenvalue weighted by molar-refractivity contribution is 0.0692. The number of nitrogens with one attached hydrogen (secondary N) is 1. The van der Waals surface area contributed by atoms with E-state index in [2.05, 4.69) is 5.32 Å². The Hall–Kier alpha value is -2.43. The minimum Gasteiger partial charge on any atom is -0.478 e. The Morgan fingerprint density at radius 3 is 2.22 bits per heavy atom. The summed E-state index contributed by atoms with van der Waals surface area (Å²) in [6, 6.07) is 9.19. The predicted octanol–water partition coefficient (Wildman–Crippen LogP) is 3.41. The van der Waals surface area contributed by atoms with Crippen LogP contribution in [0.2, 0.25) is 0 Å². The summed E-state index contributed by atoms with van der Waals surface area (Å²) >= 11 is 0. The van der Waals surface area contributed by atoms with Gasteiger partial charge >= 0.3 is 5.97 Å². The summed E-state index contributed by atoms with van der Waals surface area (Å²) in [6.45, 7) is 0. The molecule has 0 aromatic heterocycles. The molecule has 0 bridgehead atoms. The molecule has 5 heteroatoms. The fourth-order valence-corrected chi connectivity index (χ4v) is 1.47. The predicted molar refractivity (Wildman–Crippen MR) is 63.0 cm³/mol. The van der Waals surface area contributed by atoms with Crippen LogP contribution in [0.4, 0.5) is 20.2 Å². The fourth-order valence-electron chi connectivity index (χ4n) is 1.47. The van der Waals surface area contributed by atoms with Gasteiger partial charge < -0.3 is 10.4 Å². The minimum atomic E-state index is -1.34. The molecule has 0 aliphatic heterocycles. The Morgan fingerprint density at radius 1 is 1.00 bits per heavy atom. The molecule has 0 saturated carbocycles.